The van der Waals surface area contributed by atoms with Crippen LogP contribution in [0.2, 0.25) is 0 Å². The maximum atomic E-state index is 10.1. The number of pyridine rings is 1. The zero-order chi connectivity index (χ0) is 15.5. The van der Waals surface area contributed by atoms with Gasteiger partial charge in [-0.2, -0.15) is 0 Å². The Morgan fingerprint density at radius 1 is 1.32 bits per heavy atom. The molecule has 0 spiro atoms. The molecule has 1 N–H and O–H groups in total. The van der Waals surface area contributed by atoms with Crippen LogP contribution in [-0.2, 0) is 6.54 Å². The average Bonchev–Trinajstić information content (AvgIpc) is 2.90. The first kappa shape index (κ1) is 15.0. The van der Waals surface area contributed by atoms with E-state index in [1.807, 2.05) is 31.3 Å². The third-order valence-electron chi connectivity index (χ3n) is 4.35. The number of ether oxygens (including phenoxy) is 1. The molecule has 4 nitrogen and oxygen atoms in total. The number of aliphatic hydroxyl groups excluding tert-OH is 1. The Morgan fingerprint density at radius 2 is 2.18 bits per heavy atom. The van der Waals surface area contributed by atoms with Crippen LogP contribution >= 0.6 is 0 Å². The highest BCUT2D eigenvalue weighted by Gasteiger charge is 2.32. The molecule has 3 rings (SSSR count). The molecule has 2 atom stereocenters. The smallest absolute Gasteiger partial charge is 0.119 e. The van der Waals surface area contributed by atoms with E-state index in [0.717, 1.165) is 24.4 Å². The Kier molecular flexibility index (Phi) is 4.41. The van der Waals surface area contributed by atoms with Gasteiger partial charge in [0.05, 0.1) is 13.2 Å². The lowest BCUT2D eigenvalue weighted by Gasteiger charge is -2.25. The van der Waals surface area contributed by atoms with Gasteiger partial charge in [-0.1, -0.05) is 18.2 Å². The maximum absolute atomic E-state index is 10.1. The fourth-order valence-electron chi connectivity index (χ4n) is 3.15. The first-order valence-electron chi connectivity index (χ1n) is 7.64. The van der Waals surface area contributed by atoms with Gasteiger partial charge in [-0.15, -0.1) is 0 Å². The van der Waals surface area contributed by atoms with E-state index in [1.165, 1.54) is 11.1 Å². The summed E-state index contributed by atoms with van der Waals surface area (Å²) in [5, 5.41) is 10.1. The highest BCUT2D eigenvalue weighted by Crippen LogP contribution is 2.34. The van der Waals surface area contributed by atoms with Gasteiger partial charge in [0.2, 0.25) is 0 Å². The average molecular weight is 298 g/mol. The molecule has 1 fully saturated rings. The number of aromatic nitrogens is 1. The van der Waals surface area contributed by atoms with Gasteiger partial charge >= 0.3 is 0 Å². The molecular weight excluding hydrogens is 276 g/mol. The summed E-state index contributed by atoms with van der Waals surface area (Å²) in [6.45, 7) is 3.53. The van der Waals surface area contributed by atoms with Gasteiger partial charge in [0.1, 0.15) is 5.75 Å². The molecule has 4 heteroatoms. The van der Waals surface area contributed by atoms with Crippen molar-refractivity contribution >= 4 is 0 Å². The quantitative estimate of drug-likeness (QED) is 0.942. The fraction of sp³-hybridized carbons (Fsp3) is 0.389. The SMILES string of the molecule is COc1cccc([C@@H]2C[C@@H](O)CN2Cc2cccnc2C)c1. The first-order valence-corrected chi connectivity index (χ1v) is 7.64. The Labute approximate surface area is 131 Å². The van der Waals surface area contributed by atoms with Crippen LogP contribution in [0.4, 0.5) is 0 Å². The predicted octanol–water partition coefficient (Wildman–Crippen LogP) is 2.71. The molecule has 0 amide bonds. The van der Waals surface area contributed by atoms with Crippen LogP contribution in [0.15, 0.2) is 42.6 Å². The van der Waals surface area contributed by atoms with Crippen molar-refractivity contribution in [1.82, 2.24) is 9.88 Å². The summed E-state index contributed by atoms with van der Waals surface area (Å²) in [5.41, 5.74) is 3.45. The number of likely N-dealkylation sites (tertiary alicyclic amines) is 1. The molecule has 0 radical (unpaired) electrons. The molecule has 2 aromatic rings. The summed E-state index contributed by atoms with van der Waals surface area (Å²) < 4.78 is 5.32. The van der Waals surface area contributed by atoms with Gasteiger partial charge in [-0.3, -0.25) is 9.88 Å². The van der Waals surface area contributed by atoms with E-state index in [2.05, 4.69) is 28.1 Å². The van der Waals surface area contributed by atoms with Gasteiger partial charge < -0.3 is 9.84 Å². The van der Waals surface area contributed by atoms with Crippen molar-refractivity contribution in [2.75, 3.05) is 13.7 Å². The van der Waals surface area contributed by atoms with Crippen LogP contribution in [0.3, 0.4) is 0 Å². The van der Waals surface area contributed by atoms with E-state index < -0.39 is 0 Å². The van der Waals surface area contributed by atoms with Crippen LogP contribution in [-0.4, -0.2) is 34.7 Å². The Hall–Kier alpha value is -1.91. The second kappa shape index (κ2) is 6.46. The van der Waals surface area contributed by atoms with Crippen molar-refractivity contribution < 1.29 is 9.84 Å². The van der Waals surface area contributed by atoms with Gasteiger partial charge in [-0.05, 0) is 42.7 Å². The Morgan fingerprint density at radius 3 is 2.95 bits per heavy atom. The molecule has 0 aliphatic carbocycles. The maximum Gasteiger partial charge on any atom is 0.119 e. The first-order chi connectivity index (χ1) is 10.7. The summed E-state index contributed by atoms with van der Waals surface area (Å²) in [6.07, 6.45) is 2.29. The molecule has 116 valence electrons. The van der Waals surface area contributed by atoms with E-state index in [4.69, 9.17) is 4.74 Å². The van der Waals surface area contributed by atoms with Crippen molar-refractivity contribution in [2.45, 2.75) is 32.0 Å². The van der Waals surface area contributed by atoms with Crippen LogP contribution in [0.5, 0.6) is 5.75 Å². The molecule has 0 saturated carbocycles. The van der Waals surface area contributed by atoms with Crippen molar-refractivity contribution in [3.05, 3.63) is 59.4 Å². The highest BCUT2D eigenvalue weighted by atomic mass is 16.5. The van der Waals surface area contributed by atoms with E-state index in [0.29, 0.717) is 6.54 Å². The number of aryl methyl sites for hydroxylation is 1. The molecule has 22 heavy (non-hydrogen) atoms. The standard InChI is InChI=1S/C18H22N2O2/c1-13-15(6-4-8-19-13)11-20-12-16(21)10-18(20)14-5-3-7-17(9-14)22-2/h3-9,16,18,21H,10-12H2,1-2H3/t16-,18+/m1/s1. The second-order valence-electron chi connectivity index (χ2n) is 5.86. The summed E-state index contributed by atoms with van der Waals surface area (Å²) in [6, 6.07) is 12.4. The molecule has 1 aliphatic heterocycles. The van der Waals surface area contributed by atoms with Crippen molar-refractivity contribution in [3.63, 3.8) is 0 Å². The van der Waals surface area contributed by atoms with Crippen LogP contribution in [0, 0.1) is 6.92 Å². The monoisotopic (exact) mass is 298 g/mol. The molecule has 0 bridgehead atoms. The van der Waals surface area contributed by atoms with Crippen LogP contribution in [0.1, 0.15) is 29.3 Å². The minimum absolute atomic E-state index is 0.213. The zero-order valence-corrected chi connectivity index (χ0v) is 13.1. The minimum atomic E-state index is -0.284. The molecule has 1 aliphatic rings. The van der Waals surface area contributed by atoms with Crippen molar-refractivity contribution in [3.8, 4) is 5.75 Å². The lowest BCUT2D eigenvalue weighted by Crippen LogP contribution is -2.24. The summed E-state index contributed by atoms with van der Waals surface area (Å²) in [4.78, 5) is 6.68. The normalized spacial score (nSPS) is 22.0. The predicted molar refractivity (Wildman–Crippen MR) is 85.7 cm³/mol. The number of β-amino-alcohol motifs (C(OH)–C–C–N with tert-alkyl or cyclic N) is 1. The number of rotatable bonds is 4. The third kappa shape index (κ3) is 3.13. The van der Waals surface area contributed by atoms with Gasteiger partial charge in [0.15, 0.2) is 0 Å². The summed E-state index contributed by atoms with van der Waals surface area (Å²) in [7, 11) is 1.68. The Balaban J connectivity index is 1.84. The lowest BCUT2D eigenvalue weighted by molar-refractivity contribution is 0.172. The number of hydrogen-bond donors (Lipinski definition) is 1. The number of methoxy groups -OCH3 is 1. The zero-order valence-electron chi connectivity index (χ0n) is 13.1. The minimum Gasteiger partial charge on any atom is -0.497 e. The molecule has 0 unspecified atom stereocenters. The molecular formula is C18H22N2O2. The topological polar surface area (TPSA) is 45.6 Å². The molecule has 2 heterocycles. The van der Waals surface area contributed by atoms with Crippen LogP contribution in [0.25, 0.3) is 0 Å². The number of aliphatic hydroxyl groups is 1. The second-order valence-corrected chi connectivity index (χ2v) is 5.86. The molecule has 1 saturated heterocycles. The van der Waals surface area contributed by atoms with E-state index in [9.17, 15) is 5.11 Å². The highest BCUT2D eigenvalue weighted by molar-refractivity contribution is 5.31. The number of nitrogens with zero attached hydrogens (tertiary/aromatic N) is 2. The number of hydrogen-bond acceptors (Lipinski definition) is 4. The van der Waals surface area contributed by atoms with E-state index in [1.54, 1.807) is 7.11 Å². The van der Waals surface area contributed by atoms with Crippen molar-refractivity contribution in [1.29, 1.82) is 0 Å². The fourth-order valence-corrected chi connectivity index (χ4v) is 3.15. The Bertz CT molecular complexity index is 644. The van der Waals surface area contributed by atoms with E-state index >= 15 is 0 Å². The van der Waals surface area contributed by atoms with Gasteiger partial charge in [0.25, 0.3) is 0 Å². The summed E-state index contributed by atoms with van der Waals surface area (Å²) in [5.74, 6) is 0.858. The lowest BCUT2D eigenvalue weighted by atomic mass is 10.0. The molecule has 1 aromatic carbocycles. The largest absolute Gasteiger partial charge is 0.497 e. The van der Waals surface area contributed by atoms with E-state index in [-0.39, 0.29) is 12.1 Å². The summed E-state index contributed by atoms with van der Waals surface area (Å²) >= 11 is 0. The molecule has 1 aromatic heterocycles. The van der Waals surface area contributed by atoms with Crippen LogP contribution < -0.4 is 4.74 Å². The van der Waals surface area contributed by atoms with Gasteiger partial charge in [0, 0.05) is 31.0 Å². The van der Waals surface area contributed by atoms with Crippen molar-refractivity contribution in [2.24, 2.45) is 0 Å². The number of benzene rings is 1. The van der Waals surface area contributed by atoms with Gasteiger partial charge in [-0.25, -0.2) is 0 Å². The third-order valence-corrected chi connectivity index (χ3v) is 4.35.